The predicted molar refractivity (Wildman–Crippen MR) is 32.6 cm³/mol. The Labute approximate surface area is 61.4 Å². The summed E-state index contributed by atoms with van der Waals surface area (Å²) in [4.78, 5) is 0. The molecule has 0 aliphatic carbocycles. The number of rotatable bonds is 2. The van der Waals surface area contributed by atoms with Crippen LogP contribution in [0.1, 0.15) is 23.3 Å². The van der Waals surface area contributed by atoms with Crippen molar-refractivity contribution in [1.82, 2.24) is 0 Å². The molecule has 3 heteroatoms. The zero-order chi connectivity index (χ0) is 11.8. The van der Waals surface area contributed by atoms with Crippen molar-refractivity contribution < 1.29 is 14.7 Å². The summed E-state index contributed by atoms with van der Waals surface area (Å²) >= 11 is 0. The summed E-state index contributed by atoms with van der Waals surface area (Å²) in [6.07, 6.45) is 0. The van der Waals surface area contributed by atoms with Gasteiger partial charge in [-0.1, -0.05) is 0 Å². The predicted octanol–water partition coefficient (Wildman–Crippen LogP) is 0.138. The first-order valence-electron chi connectivity index (χ1n) is 5.34. The Balaban J connectivity index is 0. The van der Waals surface area contributed by atoms with Gasteiger partial charge in [0.2, 0.25) is 1.43 Å². The molecule has 0 spiro atoms. The van der Waals surface area contributed by atoms with Crippen LogP contribution in [0.2, 0.25) is 0 Å². The zero-order valence-corrected chi connectivity index (χ0v) is 4.29. The molecule has 0 heterocycles. The van der Waals surface area contributed by atoms with E-state index in [2.05, 4.69) is 5.11 Å². The van der Waals surface area contributed by atoms with Gasteiger partial charge in [0.05, 0.1) is 9.30 Å². The highest BCUT2D eigenvalue weighted by atomic mass is 35.5. The highest BCUT2D eigenvalue weighted by molar-refractivity contribution is 5.85. The van der Waals surface area contributed by atoms with Gasteiger partial charge in [0.15, 0.2) is 0 Å². The molecule has 3 N–H and O–H groups in total. The third-order valence-corrected chi connectivity index (χ3v) is 0.169. The van der Waals surface area contributed by atoms with Gasteiger partial charge in [-0.25, -0.2) is 0 Å². The van der Waals surface area contributed by atoms with Gasteiger partial charge in [0.25, 0.3) is 0 Å². The number of aliphatic hydroxyl groups is 1. The minimum atomic E-state index is -3.11. The van der Waals surface area contributed by atoms with E-state index in [0.29, 0.717) is 0 Å². The third kappa shape index (κ3) is 10.7. The maximum Gasteiger partial charge on any atom is 0.210 e. The molecule has 0 aliphatic heterocycles. The van der Waals surface area contributed by atoms with E-state index in [1.807, 2.05) is 0 Å². The topological polar surface area (TPSA) is 46.2 Å². The van der Waals surface area contributed by atoms with Crippen molar-refractivity contribution in [3.05, 3.63) is 0 Å². The van der Waals surface area contributed by atoms with Crippen LogP contribution >= 0.6 is 12.4 Å². The van der Waals surface area contributed by atoms with Gasteiger partial charge in [-0.15, -0.1) is 12.4 Å². The Morgan fingerprint density at radius 2 is 3.00 bits per heavy atom. The Bertz CT molecular complexity index is 207. The highest BCUT2D eigenvalue weighted by Gasteiger charge is 2.05. The van der Waals surface area contributed by atoms with Crippen LogP contribution in [-0.4, -0.2) is 18.6 Å². The summed E-state index contributed by atoms with van der Waals surface area (Å²) in [6, 6.07) is 0. The molecule has 0 rings (SSSR count). The fourth-order valence-corrected chi connectivity index (χ4v) is 0. The molecule has 0 aromatic rings. The van der Waals surface area contributed by atoms with E-state index >= 15 is 0 Å². The van der Waals surface area contributed by atoms with Crippen molar-refractivity contribution in [2.24, 2.45) is 5.73 Å². The summed E-state index contributed by atoms with van der Waals surface area (Å²) in [7, 11) is 0. The molecular formula is C4H12ClNO. The molecule has 1 unspecified atom stereocenters. The van der Waals surface area contributed by atoms with Crippen LogP contribution in [0, 0.1) is 0 Å². The molecule has 46 valence electrons. The average molecular weight is 134 g/mol. The van der Waals surface area contributed by atoms with Gasteiger partial charge in [-0.3, -0.25) is 0 Å². The minimum absolute atomic E-state index is 0. The van der Waals surface area contributed by atoms with Crippen LogP contribution < -0.4 is 5.73 Å². The Morgan fingerprint density at radius 3 is 3.14 bits per heavy atom. The quantitative estimate of drug-likeness (QED) is 0.563. The second-order valence-electron chi connectivity index (χ2n) is 0.971. The Hall–Kier alpha value is 0.210. The standard InChI is InChI=1S/C4H11NO.ClH/c1-4(2,5)3-6;/h6H,3,5H2,1-2H3;1H/i1D2,2D3,3D2,6D;. The highest BCUT2D eigenvalue weighted by Crippen LogP contribution is 1.89. The van der Waals surface area contributed by atoms with E-state index in [0.717, 1.165) is 0 Å². The fourth-order valence-electron chi connectivity index (χ4n) is 0. The van der Waals surface area contributed by atoms with Crippen LogP contribution in [0.3, 0.4) is 0 Å². The molecule has 1 atom stereocenters. The molecule has 7 heavy (non-hydrogen) atoms. The maximum atomic E-state index is 7.05. The van der Waals surface area contributed by atoms with Crippen molar-refractivity contribution in [2.75, 3.05) is 6.56 Å². The van der Waals surface area contributed by atoms with E-state index in [4.69, 9.17) is 16.8 Å². The van der Waals surface area contributed by atoms with Crippen LogP contribution in [0.15, 0.2) is 0 Å². The number of halogens is 1. The van der Waals surface area contributed by atoms with Gasteiger partial charge in [0.1, 0.15) is 0 Å². The first-order chi connectivity index (χ1) is 6.00. The molecule has 0 aromatic heterocycles. The molecule has 0 saturated heterocycles. The largest absolute Gasteiger partial charge is 0.394 e. The normalized spacial score (nSPS) is 38.0. The third-order valence-electron chi connectivity index (χ3n) is 0.169. The molecule has 2 nitrogen and oxygen atoms in total. The summed E-state index contributed by atoms with van der Waals surface area (Å²) < 4.78 is 55.1. The van der Waals surface area contributed by atoms with Crippen LogP contribution in [0.25, 0.3) is 0 Å². The van der Waals surface area contributed by atoms with Crippen molar-refractivity contribution in [3.63, 3.8) is 0 Å². The second kappa shape index (κ2) is 3.24. The first kappa shape index (κ1) is 1.59. The summed E-state index contributed by atoms with van der Waals surface area (Å²) in [5.74, 6) is 0. The molecular weight excluding hydrogens is 114 g/mol. The van der Waals surface area contributed by atoms with E-state index in [-0.39, 0.29) is 12.4 Å². The van der Waals surface area contributed by atoms with Gasteiger partial charge in [-0.2, -0.15) is 0 Å². The lowest BCUT2D eigenvalue weighted by Gasteiger charge is -2.12. The fraction of sp³-hybridized carbons (Fsp3) is 1.00. The minimum Gasteiger partial charge on any atom is -0.394 e. The monoisotopic (exact) mass is 133 g/mol. The Kier molecular flexibility index (Phi) is 0.738. The van der Waals surface area contributed by atoms with Crippen LogP contribution in [-0.2, 0) is 0 Å². The van der Waals surface area contributed by atoms with Crippen molar-refractivity contribution in [2.45, 2.75) is 19.3 Å². The van der Waals surface area contributed by atoms with E-state index in [1.54, 1.807) is 0 Å². The molecule has 0 saturated carbocycles. The van der Waals surface area contributed by atoms with E-state index in [1.165, 1.54) is 0 Å². The van der Waals surface area contributed by atoms with Gasteiger partial charge in [0, 0.05) is 12.4 Å². The molecule has 0 aliphatic rings. The molecule has 0 amide bonds. The molecule has 0 aromatic carbocycles. The van der Waals surface area contributed by atoms with E-state index < -0.39 is 25.8 Å². The lowest BCUT2D eigenvalue weighted by molar-refractivity contribution is 0.221. The van der Waals surface area contributed by atoms with E-state index in [9.17, 15) is 0 Å². The van der Waals surface area contributed by atoms with Gasteiger partial charge >= 0.3 is 0 Å². The van der Waals surface area contributed by atoms with Crippen molar-refractivity contribution in [3.8, 4) is 0 Å². The first-order valence-corrected chi connectivity index (χ1v) is 1.28. The summed E-state index contributed by atoms with van der Waals surface area (Å²) in [5, 5.41) is 3.55. The average Bonchev–Trinajstić information content (AvgIpc) is 2.00. The van der Waals surface area contributed by atoms with Gasteiger partial charge < -0.3 is 10.8 Å². The summed E-state index contributed by atoms with van der Waals surface area (Å²) in [6.45, 7) is -8.38. The molecule has 0 bridgehead atoms. The van der Waals surface area contributed by atoms with Crippen molar-refractivity contribution >= 4 is 12.4 Å². The lowest BCUT2D eigenvalue weighted by Crippen LogP contribution is -2.35. The number of hydrogen-bond acceptors (Lipinski definition) is 2. The smallest absolute Gasteiger partial charge is 0.210 e. The summed E-state index contributed by atoms with van der Waals surface area (Å²) in [5.41, 5.74) is 2.29. The number of nitrogens with two attached hydrogens (primary N) is 1. The molecule has 0 radical (unpaired) electrons. The lowest BCUT2D eigenvalue weighted by atomic mass is 10.1. The Morgan fingerprint density at radius 1 is 2.29 bits per heavy atom. The van der Waals surface area contributed by atoms with Crippen LogP contribution in [0.4, 0.5) is 0 Å². The second-order valence-corrected chi connectivity index (χ2v) is 0.971. The van der Waals surface area contributed by atoms with Gasteiger partial charge in [-0.05, 0) is 13.7 Å². The van der Waals surface area contributed by atoms with Crippen LogP contribution in [0.5, 0.6) is 0 Å². The molecule has 0 fully saturated rings. The maximum absolute atomic E-state index is 7.05. The van der Waals surface area contributed by atoms with Crippen molar-refractivity contribution in [1.29, 1.82) is 1.43 Å². The zero-order valence-electron chi connectivity index (χ0n) is 11.5. The SMILES string of the molecule is Cl.[2H]OC([2H])([2H])C(N)(C([2H])[2H])C([2H])([2H])[2H]. The number of hydrogen-bond donors (Lipinski definition) is 2.